The van der Waals surface area contributed by atoms with Crippen LogP contribution in [0.2, 0.25) is 0 Å². The van der Waals surface area contributed by atoms with Crippen molar-refractivity contribution in [3.8, 4) is 0 Å². The van der Waals surface area contributed by atoms with Crippen molar-refractivity contribution in [2.45, 2.75) is 53.0 Å². The predicted octanol–water partition coefficient (Wildman–Crippen LogP) is 3.44. The van der Waals surface area contributed by atoms with Gasteiger partial charge in [0.1, 0.15) is 0 Å². The Kier molecular flexibility index (Phi) is 5.64. The van der Waals surface area contributed by atoms with E-state index >= 15 is 0 Å². The fourth-order valence-electron chi connectivity index (χ4n) is 2.64. The van der Waals surface area contributed by atoms with E-state index in [1.165, 1.54) is 48.1 Å². The number of thiazole rings is 1. The summed E-state index contributed by atoms with van der Waals surface area (Å²) in [6.45, 7) is 11.2. The van der Waals surface area contributed by atoms with E-state index in [1.54, 1.807) is 0 Å². The fourth-order valence-corrected chi connectivity index (χ4v) is 3.79. The molecule has 0 aliphatic carbocycles. The Hall–Kier alpha value is -0.610. The zero-order chi connectivity index (χ0) is 13.7. The van der Waals surface area contributed by atoms with Crippen molar-refractivity contribution in [3.05, 3.63) is 10.6 Å². The van der Waals surface area contributed by atoms with E-state index in [1.807, 2.05) is 11.3 Å². The van der Waals surface area contributed by atoms with Crippen molar-refractivity contribution in [2.75, 3.05) is 24.5 Å². The first-order valence-electron chi connectivity index (χ1n) is 7.72. The summed E-state index contributed by atoms with van der Waals surface area (Å²) in [5.74, 6) is 0.871. The zero-order valence-corrected chi connectivity index (χ0v) is 13.4. The first-order valence-corrected chi connectivity index (χ1v) is 8.54. The molecule has 2 rings (SSSR count). The van der Waals surface area contributed by atoms with Gasteiger partial charge in [0.2, 0.25) is 0 Å². The van der Waals surface area contributed by atoms with Crippen molar-refractivity contribution in [1.82, 2.24) is 10.3 Å². The highest BCUT2D eigenvalue weighted by Crippen LogP contribution is 2.31. The van der Waals surface area contributed by atoms with Gasteiger partial charge in [-0.2, -0.15) is 0 Å². The van der Waals surface area contributed by atoms with Crippen molar-refractivity contribution in [2.24, 2.45) is 5.92 Å². The van der Waals surface area contributed by atoms with E-state index in [4.69, 9.17) is 4.98 Å². The topological polar surface area (TPSA) is 28.2 Å². The van der Waals surface area contributed by atoms with Crippen LogP contribution in [0.15, 0.2) is 0 Å². The summed E-state index contributed by atoms with van der Waals surface area (Å²) in [6.07, 6.45) is 4.87. The van der Waals surface area contributed by atoms with Crippen LogP contribution >= 0.6 is 11.3 Å². The average Bonchev–Trinajstić information content (AvgIpc) is 3.05. The Morgan fingerprint density at radius 1 is 1.37 bits per heavy atom. The van der Waals surface area contributed by atoms with Crippen molar-refractivity contribution >= 4 is 16.5 Å². The van der Waals surface area contributed by atoms with Gasteiger partial charge < -0.3 is 10.2 Å². The zero-order valence-electron chi connectivity index (χ0n) is 12.5. The van der Waals surface area contributed by atoms with Gasteiger partial charge in [-0.05, 0) is 31.7 Å². The third-order valence-electron chi connectivity index (χ3n) is 3.95. The molecule has 1 aromatic heterocycles. The SMILES string of the molecule is CCCNCc1sc(N2CCC(CC)C2)nc1CC. The lowest BCUT2D eigenvalue weighted by molar-refractivity contribution is 0.569. The van der Waals surface area contributed by atoms with Crippen LogP contribution in [0.4, 0.5) is 5.13 Å². The van der Waals surface area contributed by atoms with E-state index in [-0.39, 0.29) is 0 Å². The number of hydrogen-bond donors (Lipinski definition) is 1. The maximum absolute atomic E-state index is 4.86. The minimum atomic E-state index is 0.871. The summed E-state index contributed by atoms with van der Waals surface area (Å²) >= 11 is 1.90. The first kappa shape index (κ1) is 14.8. The summed E-state index contributed by atoms with van der Waals surface area (Å²) in [4.78, 5) is 8.79. The van der Waals surface area contributed by atoms with Gasteiger partial charge in [-0.1, -0.05) is 27.2 Å². The highest BCUT2D eigenvalue weighted by Gasteiger charge is 2.24. The van der Waals surface area contributed by atoms with Gasteiger partial charge in [-0.25, -0.2) is 4.98 Å². The molecule has 2 heterocycles. The molecule has 1 atom stereocenters. The number of aryl methyl sites for hydroxylation is 1. The van der Waals surface area contributed by atoms with Crippen LogP contribution in [0.3, 0.4) is 0 Å². The number of nitrogens with zero attached hydrogens (tertiary/aromatic N) is 2. The molecule has 0 spiro atoms. The Bertz CT molecular complexity index is 389. The highest BCUT2D eigenvalue weighted by atomic mass is 32.1. The molecule has 0 amide bonds. The molecule has 1 unspecified atom stereocenters. The summed E-state index contributed by atoms with van der Waals surface area (Å²) in [5.41, 5.74) is 1.29. The van der Waals surface area contributed by atoms with Crippen LogP contribution in [-0.2, 0) is 13.0 Å². The lowest BCUT2D eigenvalue weighted by Gasteiger charge is -2.14. The van der Waals surface area contributed by atoms with Crippen molar-refractivity contribution in [3.63, 3.8) is 0 Å². The minimum Gasteiger partial charge on any atom is -0.348 e. The number of hydrogen-bond acceptors (Lipinski definition) is 4. The Balaban J connectivity index is 2.01. The van der Waals surface area contributed by atoms with Crippen molar-refractivity contribution < 1.29 is 0 Å². The molecule has 1 fully saturated rings. The fraction of sp³-hybridized carbons (Fsp3) is 0.800. The molecule has 1 saturated heterocycles. The van der Waals surface area contributed by atoms with E-state index in [0.29, 0.717) is 0 Å². The monoisotopic (exact) mass is 281 g/mol. The van der Waals surface area contributed by atoms with Gasteiger partial charge in [0.25, 0.3) is 0 Å². The lowest BCUT2D eigenvalue weighted by Crippen LogP contribution is -2.19. The normalized spacial score (nSPS) is 19.3. The quantitative estimate of drug-likeness (QED) is 0.776. The molecular weight excluding hydrogens is 254 g/mol. The molecule has 4 heteroatoms. The van der Waals surface area contributed by atoms with Gasteiger partial charge in [0, 0.05) is 24.5 Å². The maximum atomic E-state index is 4.86. The minimum absolute atomic E-state index is 0.871. The molecule has 0 saturated carbocycles. The molecule has 0 bridgehead atoms. The number of rotatable bonds is 7. The van der Waals surface area contributed by atoms with Gasteiger partial charge >= 0.3 is 0 Å². The Morgan fingerprint density at radius 3 is 2.84 bits per heavy atom. The van der Waals surface area contributed by atoms with Crippen molar-refractivity contribution in [1.29, 1.82) is 0 Å². The second kappa shape index (κ2) is 7.25. The summed E-state index contributed by atoms with van der Waals surface area (Å²) in [5, 5.41) is 4.75. The standard InChI is InChI=1S/C15H27N3S/c1-4-8-16-10-14-13(6-3)17-15(19-14)18-9-7-12(5-2)11-18/h12,16H,4-11H2,1-3H3. The van der Waals surface area contributed by atoms with Crippen LogP contribution in [0.5, 0.6) is 0 Å². The first-order chi connectivity index (χ1) is 9.28. The second-order valence-corrected chi connectivity index (χ2v) is 6.47. The number of anilines is 1. The lowest BCUT2D eigenvalue weighted by atomic mass is 10.1. The van der Waals surface area contributed by atoms with Crippen LogP contribution < -0.4 is 10.2 Å². The van der Waals surface area contributed by atoms with Gasteiger partial charge in [0.05, 0.1) is 5.69 Å². The molecule has 19 heavy (non-hydrogen) atoms. The van der Waals surface area contributed by atoms with Crippen LogP contribution in [-0.4, -0.2) is 24.6 Å². The van der Waals surface area contributed by atoms with Crippen LogP contribution in [0.1, 0.15) is 50.6 Å². The smallest absolute Gasteiger partial charge is 0.185 e. The van der Waals surface area contributed by atoms with E-state index in [0.717, 1.165) is 25.4 Å². The van der Waals surface area contributed by atoms with Gasteiger partial charge in [-0.15, -0.1) is 11.3 Å². The average molecular weight is 281 g/mol. The van der Waals surface area contributed by atoms with E-state index in [9.17, 15) is 0 Å². The van der Waals surface area contributed by atoms with Crippen LogP contribution in [0.25, 0.3) is 0 Å². The molecule has 3 nitrogen and oxygen atoms in total. The number of nitrogens with one attached hydrogen (secondary N) is 1. The van der Waals surface area contributed by atoms with Crippen LogP contribution in [0, 0.1) is 5.92 Å². The third kappa shape index (κ3) is 3.69. The van der Waals surface area contributed by atoms with E-state index in [2.05, 4.69) is 31.0 Å². The van der Waals surface area contributed by atoms with Gasteiger partial charge in [-0.3, -0.25) is 0 Å². The van der Waals surface area contributed by atoms with E-state index < -0.39 is 0 Å². The molecule has 1 N–H and O–H groups in total. The molecule has 1 aromatic rings. The third-order valence-corrected chi connectivity index (χ3v) is 5.11. The molecular formula is C15H27N3S. The Labute approximate surface area is 121 Å². The maximum Gasteiger partial charge on any atom is 0.185 e. The molecule has 1 aliphatic rings. The largest absolute Gasteiger partial charge is 0.348 e. The summed E-state index contributed by atoms with van der Waals surface area (Å²) in [7, 11) is 0. The number of aromatic nitrogens is 1. The molecule has 1 aliphatic heterocycles. The molecule has 108 valence electrons. The summed E-state index contributed by atoms with van der Waals surface area (Å²) < 4.78 is 0. The molecule has 0 radical (unpaired) electrons. The predicted molar refractivity (Wildman–Crippen MR) is 84.1 cm³/mol. The molecule has 0 aromatic carbocycles. The second-order valence-electron chi connectivity index (χ2n) is 5.41. The Morgan fingerprint density at radius 2 is 2.21 bits per heavy atom. The van der Waals surface area contributed by atoms with Gasteiger partial charge in [0.15, 0.2) is 5.13 Å². The highest BCUT2D eigenvalue weighted by molar-refractivity contribution is 7.15. The summed E-state index contributed by atoms with van der Waals surface area (Å²) in [6, 6.07) is 0.